The highest BCUT2D eigenvalue weighted by Crippen LogP contribution is 2.38. The van der Waals surface area contributed by atoms with E-state index >= 15 is 0 Å². The second-order valence-electron chi connectivity index (χ2n) is 4.13. The van der Waals surface area contributed by atoms with Crippen molar-refractivity contribution in [3.8, 4) is 11.6 Å². The lowest BCUT2D eigenvalue weighted by Gasteiger charge is -2.11. The van der Waals surface area contributed by atoms with E-state index < -0.39 is 4.92 Å². The number of nitro benzene ring substituents is 1. The van der Waals surface area contributed by atoms with Crippen molar-refractivity contribution in [1.82, 2.24) is 9.97 Å². The van der Waals surface area contributed by atoms with E-state index in [1.807, 2.05) is 6.92 Å². The molecule has 0 bridgehead atoms. The Morgan fingerprint density at radius 1 is 1.43 bits per heavy atom. The Labute approximate surface area is 126 Å². The van der Waals surface area contributed by atoms with Gasteiger partial charge in [-0.1, -0.05) is 17.7 Å². The van der Waals surface area contributed by atoms with Crippen molar-refractivity contribution in [2.45, 2.75) is 13.8 Å². The number of rotatable bonds is 5. The molecular weight excluding hydrogens is 296 g/mol. The lowest BCUT2D eigenvalue weighted by Crippen LogP contribution is -2.04. The van der Waals surface area contributed by atoms with Crippen molar-refractivity contribution in [1.29, 1.82) is 0 Å². The number of hydrogen-bond acceptors (Lipinski definition) is 6. The first-order valence-electron chi connectivity index (χ1n) is 6.20. The van der Waals surface area contributed by atoms with E-state index in [0.717, 1.165) is 0 Å². The summed E-state index contributed by atoms with van der Waals surface area (Å²) >= 11 is 5.99. The molecule has 1 N–H and O–H groups in total. The first-order valence-corrected chi connectivity index (χ1v) is 6.58. The maximum Gasteiger partial charge on any atom is 0.313 e. The van der Waals surface area contributed by atoms with Gasteiger partial charge in [0.2, 0.25) is 11.6 Å². The first-order chi connectivity index (χ1) is 10.0. The van der Waals surface area contributed by atoms with Crippen molar-refractivity contribution in [2.24, 2.45) is 0 Å². The SMILES string of the molecule is CCNc1ncnc(Oc2c(Cl)cccc2[N+](=O)[O-])c1C. The number of anilines is 1. The van der Waals surface area contributed by atoms with Gasteiger partial charge in [-0.2, -0.15) is 0 Å². The third-order valence-electron chi connectivity index (χ3n) is 2.72. The molecule has 1 aromatic heterocycles. The highest BCUT2D eigenvalue weighted by atomic mass is 35.5. The molecule has 8 heteroatoms. The van der Waals surface area contributed by atoms with Crippen molar-refractivity contribution in [3.05, 3.63) is 45.2 Å². The summed E-state index contributed by atoms with van der Waals surface area (Å²) in [7, 11) is 0. The van der Waals surface area contributed by atoms with Crippen LogP contribution >= 0.6 is 11.6 Å². The minimum Gasteiger partial charge on any atom is -0.430 e. The molecule has 0 radical (unpaired) electrons. The highest BCUT2D eigenvalue weighted by molar-refractivity contribution is 6.32. The molecule has 110 valence electrons. The van der Waals surface area contributed by atoms with Crippen molar-refractivity contribution in [3.63, 3.8) is 0 Å². The van der Waals surface area contributed by atoms with Gasteiger partial charge >= 0.3 is 5.69 Å². The predicted octanol–water partition coefficient (Wildman–Crippen LogP) is 3.57. The van der Waals surface area contributed by atoms with E-state index in [0.29, 0.717) is 17.9 Å². The van der Waals surface area contributed by atoms with Crippen LogP contribution in [0.1, 0.15) is 12.5 Å². The molecule has 0 saturated carbocycles. The summed E-state index contributed by atoms with van der Waals surface area (Å²) in [5, 5.41) is 14.2. The van der Waals surface area contributed by atoms with E-state index in [1.54, 1.807) is 6.92 Å². The van der Waals surface area contributed by atoms with Crippen LogP contribution in [0.2, 0.25) is 5.02 Å². The van der Waals surface area contributed by atoms with Crippen molar-refractivity contribution in [2.75, 3.05) is 11.9 Å². The number of benzene rings is 1. The number of nitrogens with one attached hydrogen (secondary N) is 1. The van der Waals surface area contributed by atoms with Crippen LogP contribution in [0, 0.1) is 17.0 Å². The first kappa shape index (κ1) is 15.0. The maximum absolute atomic E-state index is 11.0. The second-order valence-corrected chi connectivity index (χ2v) is 4.54. The number of nitrogens with zero attached hydrogens (tertiary/aromatic N) is 3. The topological polar surface area (TPSA) is 90.2 Å². The van der Waals surface area contributed by atoms with Crippen LogP contribution < -0.4 is 10.1 Å². The molecule has 1 aromatic carbocycles. The summed E-state index contributed by atoms with van der Waals surface area (Å²) in [4.78, 5) is 18.6. The minimum atomic E-state index is -0.553. The number of nitro groups is 1. The smallest absolute Gasteiger partial charge is 0.313 e. The standard InChI is InChI=1S/C13H13ClN4O3/c1-3-15-12-8(2)13(17-7-16-12)21-11-9(14)5-4-6-10(11)18(19)20/h4-7H,3H2,1-2H3,(H,15,16,17). The largest absolute Gasteiger partial charge is 0.430 e. The van der Waals surface area contributed by atoms with Crippen LogP contribution in [0.25, 0.3) is 0 Å². The molecule has 0 aliphatic carbocycles. The van der Waals surface area contributed by atoms with Gasteiger partial charge in [-0.15, -0.1) is 0 Å². The fraction of sp³-hybridized carbons (Fsp3) is 0.231. The normalized spacial score (nSPS) is 10.2. The van der Waals surface area contributed by atoms with E-state index in [-0.39, 0.29) is 22.3 Å². The fourth-order valence-electron chi connectivity index (χ4n) is 1.72. The summed E-state index contributed by atoms with van der Waals surface area (Å²) in [5.41, 5.74) is 0.430. The molecule has 0 saturated heterocycles. The lowest BCUT2D eigenvalue weighted by molar-refractivity contribution is -0.385. The zero-order chi connectivity index (χ0) is 15.4. The van der Waals surface area contributed by atoms with E-state index in [4.69, 9.17) is 16.3 Å². The van der Waals surface area contributed by atoms with Crippen molar-refractivity contribution < 1.29 is 9.66 Å². The number of halogens is 1. The molecule has 0 spiro atoms. The van der Waals surface area contributed by atoms with Gasteiger partial charge in [0.05, 0.1) is 15.5 Å². The Hall–Kier alpha value is -2.41. The Bertz CT molecular complexity index is 678. The van der Waals surface area contributed by atoms with Crippen LogP contribution in [0.15, 0.2) is 24.5 Å². The molecule has 2 rings (SSSR count). The Morgan fingerprint density at radius 3 is 2.86 bits per heavy atom. The van der Waals surface area contributed by atoms with Gasteiger partial charge in [0.1, 0.15) is 12.1 Å². The zero-order valence-electron chi connectivity index (χ0n) is 11.5. The second kappa shape index (κ2) is 6.36. The molecule has 0 amide bonds. The van der Waals surface area contributed by atoms with Gasteiger partial charge in [0, 0.05) is 12.6 Å². The average Bonchev–Trinajstić information content (AvgIpc) is 2.45. The summed E-state index contributed by atoms with van der Waals surface area (Å²) < 4.78 is 5.55. The van der Waals surface area contributed by atoms with E-state index in [1.165, 1.54) is 24.5 Å². The van der Waals surface area contributed by atoms with Crippen LogP contribution in [-0.4, -0.2) is 21.4 Å². The summed E-state index contributed by atoms with van der Waals surface area (Å²) in [6.45, 7) is 4.38. The number of hydrogen-bond donors (Lipinski definition) is 1. The van der Waals surface area contributed by atoms with Crippen LogP contribution in [0.4, 0.5) is 11.5 Å². The predicted molar refractivity (Wildman–Crippen MR) is 79.1 cm³/mol. The molecular formula is C13H13ClN4O3. The van der Waals surface area contributed by atoms with Crippen LogP contribution in [0.5, 0.6) is 11.6 Å². The lowest BCUT2D eigenvalue weighted by atomic mass is 10.3. The Balaban J connectivity index is 2.44. The van der Waals surface area contributed by atoms with Gasteiger partial charge in [-0.05, 0) is 19.9 Å². The number of aromatic nitrogens is 2. The molecule has 0 unspecified atom stereocenters. The Kier molecular flexibility index (Phi) is 4.54. The molecule has 0 aliphatic heterocycles. The quantitative estimate of drug-likeness (QED) is 0.670. The summed E-state index contributed by atoms with van der Waals surface area (Å²) in [5.74, 6) is 0.794. The molecule has 21 heavy (non-hydrogen) atoms. The molecule has 0 fully saturated rings. The van der Waals surface area contributed by atoms with Gasteiger partial charge in [0.15, 0.2) is 0 Å². The maximum atomic E-state index is 11.0. The number of para-hydroxylation sites is 1. The summed E-state index contributed by atoms with van der Waals surface area (Å²) in [6.07, 6.45) is 1.32. The average molecular weight is 309 g/mol. The van der Waals surface area contributed by atoms with Crippen molar-refractivity contribution >= 4 is 23.1 Å². The minimum absolute atomic E-state index is 0.0339. The van der Waals surface area contributed by atoms with Crippen LogP contribution in [0.3, 0.4) is 0 Å². The molecule has 0 aliphatic rings. The van der Waals surface area contributed by atoms with Gasteiger partial charge in [-0.25, -0.2) is 9.97 Å². The molecule has 7 nitrogen and oxygen atoms in total. The third-order valence-corrected chi connectivity index (χ3v) is 3.02. The van der Waals surface area contributed by atoms with Gasteiger partial charge in [0.25, 0.3) is 0 Å². The highest BCUT2D eigenvalue weighted by Gasteiger charge is 2.21. The Morgan fingerprint density at radius 2 is 2.19 bits per heavy atom. The summed E-state index contributed by atoms with van der Waals surface area (Å²) in [6, 6.07) is 4.33. The van der Waals surface area contributed by atoms with Crippen LogP contribution in [-0.2, 0) is 0 Å². The number of ether oxygens (including phenoxy) is 1. The zero-order valence-corrected chi connectivity index (χ0v) is 12.2. The van der Waals surface area contributed by atoms with Gasteiger partial charge < -0.3 is 10.1 Å². The van der Waals surface area contributed by atoms with E-state index in [2.05, 4.69) is 15.3 Å². The van der Waals surface area contributed by atoms with Gasteiger partial charge in [-0.3, -0.25) is 10.1 Å². The van der Waals surface area contributed by atoms with E-state index in [9.17, 15) is 10.1 Å². The molecule has 0 atom stereocenters. The molecule has 1 heterocycles. The fourth-order valence-corrected chi connectivity index (χ4v) is 1.93. The monoisotopic (exact) mass is 308 g/mol. The molecule has 2 aromatic rings. The third kappa shape index (κ3) is 3.19.